The van der Waals surface area contributed by atoms with Crippen molar-refractivity contribution in [3.8, 4) is 11.1 Å². The maximum atomic E-state index is 13.1. The van der Waals surface area contributed by atoms with Crippen LogP contribution >= 0.6 is 0 Å². The van der Waals surface area contributed by atoms with E-state index in [1.54, 1.807) is 12.1 Å². The molecule has 29 heavy (non-hydrogen) atoms. The van der Waals surface area contributed by atoms with E-state index >= 15 is 0 Å². The Morgan fingerprint density at radius 3 is 2.41 bits per heavy atom. The molecule has 1 heterocycles. The molecule has 0 aliphatic rings. The zero-order valence-electron chi connectivity index (χ0n) is 16.9. The summed E-state index contributed by atoms with van der Waals surface area (Å²) in [6.45, 7) is 4.59. The Labute approximate surface area is 170 Å². The number of hydrogen-bond donors (Lipinski definition) is 4. The van der Waals surface area contributed by atoms with Gasteiger partial charge in [0.2, 0.25) is 0 Å². The molecule has 0 radical (unpaired) electrons. The number of aromatic amines is 1. The third-order valence-electron chi connectivity index (χ3n) is 5.29. The topological polar surface area (TPSA) is 96.9 Å². The minimum absolute atomic E-state index is 0.126. The summed E-state index contributed by atoms with van der Waals surface area (Å²) in [6, 6.07) is 14.0. The molecular formula is C23H29FN4O. The normalized spacial score (nSPS) is 13.6. The van der Waals surface area contributed by atoms with Gasteiger partial charge in [0, 0.05) is 29.5 Å². The van der Waals surface area contributed by atoms with E-state index in [0.29, 0.717) is 18.2 Å². The molecule has 1 amide bonds. The maximum absolute atomic E-state index is 13.1. The molecule has 2 aromatic carbocycles. The van der Waals surface area contributed by atoms with E-state index in [9.17, 15) is 9.18 Å². The smallest absolute Gasteiger partial charge is 0.267 e. The lowest BCUT2D eigenvalue weighted by Gasteiger charge is -2.18. The highest BCUT2D eigenvalue weighted by molar-refractivity contribution is 5.98. The van der Waals surface area contributed by atoms with Crippen LogP contribution in [-0.2, 0) is 0 Å². The van der Waals surface area contributed by atoms with Gasteiger partial charge in [0.15, 0.2) is 0 Å². The summed E-state index contributed by atoms with van der Waals surface area (Å²) in [5.74, 6) is -0.0316. The van der Waals surface area contributed by atoms with Crippen molar-refractivity contribution in [2.24, 2.45) is 17.4 Å². The molecule has 0 bridgehead atoms. The number of hydrogen-bond acceptors (Lipinski definition) is 3. The minimum atomic E-state index is -0.264. The minimum Gasteiger partial charge on any atom is -0.351 e. The zero-order valence-corrected chi connectivity index (χ0v) is 16.9. The second kappa shape index (κ2) is 9.20. The summed E-state index contributed by atoms with van der Waals surface area (Å²) in [5, 5.41) is 3.81. The van der Waals surface area contributed by atoms with Gasteiger partial charge in [0.05, 0.1) is 0 Å². The first-order valence-corrected chi connectivity index (χ1v) is 10.0. The van der Waals surface area contributed by atoms with Gasteiger partial charge in [-0.3, -0.25) is 4.79 Å². The molecule has 1 aromatic heterocycles. The van der Waals surface area contributed by atoms with Gasteiger partial charge in [0.25, 0.3) is 5.91 Å². The molecule has 0 aliphatic carbocycles. The van der Waals surface area contributed by atoms with E-state index in [0.717, 1.165) is 34.9 Å². The molecule has 2 unspecified atom stereocenters. The van der Waals surface area contributed by atoms with Crippen LogP contribution in [0, 0.1) is 11.7 Å². The summed E-state index contributed by atoms with van der Waals surface area (Å²) in [4.78, 5) is 15.6. The summed E-state index contributed by atoms with van der Waals surface area (Å²) in [5.41, 5.74) is 15.4. The van der Waals surface area contributed by atoms with Gasteiger partial charge >= 0.3 is 0 Å². The number of nitrogens with one attached hydrogen (secondary N) is 2. The van der Waals surface area contributed by atoms with Crippen LogP contribution in [0.15, 0.2) is 48.5 Å². The molecule has 0 aliphatic heterocycles. The molecule has 0 saturated heterocycles. The van der Waals surface area contributed by atoms with Crippen LogP contribution in [0.2, 0.25) is 0 Å². The van der Waals surface area contributed by atoms with Crippen LogP contribution < -0.4 is 16.8 Å². The number of benzene rings is 2. The number of rotatable bonds is 8. The van der Waals surface area contributed by atoms with Crippen molar-refractivity contribution in [1.82, 2.24) is 10.3 Å². The van der Waals surface area contributed by atoms with E-state index < -0.39 is 0 Å². The molecule has 6 N–H and O–H groups in total. The van der Waals surface area contributed by atoms with Gasteiger partial charge in [-0.2, -0.15) is 0 Å². The summed E-state index contributed by atoms with van der Waals surface area (Å²) in [6.07, 6.45) is 1.61. The number of fused-ring (bicyclic) bond motifs is 1. The number of aromatic nitrogens is 1. The number of halogens is 1. The average molecular weight is 397 g/mol. The van der Waals surface area contributed by atoms with Crippen molar-refractivity contribution >= 4 is 16.8 Å². The van der Waals surface area contributed by atoms with E-state index in [4.69, 9.17) is 11.5 Å². The van der Waals surface area contributed by atoms with Crippen molar-refractivity contribution < 1.29 is 9.18 Å². The van der Waals surface area contributed by atoms with Crippen molar-refractivity contribution in [1.29, 1.82) is 0 Å². The lowest BCUT2D eigenvalue weighted by molar-refractivity contribution is 0.0946. The second-order valence-electron chi connectivity index (χ2n) is 7.95. The number of H-pyrrole nitrogens is 1. The number of carbonyl (C=O) groups excluding carboxylic acids is 1. The Balaban J connectivity index is 1.62. The molecule has 0 saturated carbocycles. The first-order valence-electron chi connectivity index (χ1n) is 10.0. The van der Waals surface area contributed by atoms with Gasteiger partial charge < -0.3 is 21.8 Å². The summed E-state index contributed by atoms with van der Waals surface area (Å²) < 4.78 is 13.1. The Hall–Kier alpha value is -2.70. The van der Waals surface area contributed by atoms with Crippen LogP contribution in [-0.4, -0.2) is 29.5 Å². The Morgan fingerprint density at radius 2 is 1.72 bits per heavy atom. The molecule has 6 heteroatoms. The molecular weight excluding hydrogens is 367 g/mol. The second-order valence-corrected chi connectivity index (χ2v) is 7.95. The van der Waals surface area contributed by atoms with Crippen molar-refractivity contribution in [3.05, 3.63) is 60.0 Å². The molecule has 0 spiro atoms. The van der Waals surface area contributed by atoms with E-state index in [1.165, 1.54) is 12.1 Å². The highest BCUT2D eigenvalue weighted by Gasteiger charge is 2.14. The van der Waals surface area contributed by atoms with Crippen LogP contribution in [0.1, 0.15) is 37.2 Å². The lowest BCUT2D eigenvalue weighted by atomic mass is 9.98. The van der Waals surface area contributed by atoms with Gasteiger partial charge in [-0.1, -0.05) is 32.0 Å². The molecule has 154 valence electrons. The number of nitrogens with two attached hydrogens (primary N) is 2. The van der Waals surface area contributed by atoms with Crippen LogP contribution in [0.3, 0.4) is 0 Å². The van der Waals surface area contributed by atoms with Crippen molar-refractivity contribution in [3.63, 3.8) is 0 Å². The summed E-state index contributed by atoms with van der Waals surface area (Å²) >= 11 is 0. The quantitative estimate of drug-likeness (QED) is 0.466. The largest absolute Gasteiger partial charge is 0.351 e. The predicted octanol–water partition coefficient (Wildman–Crippen LogP) is 3.79. The third-order valence-corrected chi connectivity index (χ3v) is 5.29. The lowest BCUT2D eigenvalue weighted by Crippen LogP contribution is -2.39. The van der Waals surface area contributed by atoms with Crippen molar-refractivity contribution in [2.75, 3.05) is 6.54 Å². The fraction of sp³-hybridized carbons (Fsp3) is 0.348. The Kier molecular flexibility index (Phi) is 6.67. The van der Waals surface area contributed by atoms with E-state index in [2.05, 4.69) is 24.1 Å². The molecule has 3 aromatic rings. The first-order chi connectivity index (χ1) is 13.8. The van der Waals surface area contributed by atoms with Crippen molar-refractivity contribution in [2.45, 2.75) is 38.8 Å². The van der Waals surface area contributed by atoms with E-state index in [1.807, 2.05) is 24.3 Å². The standard InChI is InChI=1S/C23H29FN4O/c1-14(2)20(26)9-8-19(25)13-27-23(29)22-12-17-11-16(5-10-21(17)28-22)15-3-6-18(24)7-4-15/h3-7,10-12,14,19-20,28H,8-9,13,25-26H2,1-2H3,(H,27,29). The molecule has 5 nitrogen and oxygen atoms in total. The first kappa shape index (κ1) is 21.0. The van der Waals surface area contributed by atoms with Gasteiger partial charge in [-0.25, -0.2) is 4.39 Å². The predicted molar refractivity (Wildman–Crippen MR) is 116 cm³/mol. The molecule has 2 atom stereocenters. The molecule has 0 fully saturated rings. The third kappa shape index (κ3) is 5.43. The highest BCUT2D eigenvalue weighted by atomic mass is 19.1. The zero-order chi connectivity index (χ0) is 21.0. The Morgan fingerprint density at radius 1 is 1.03 bits per heavy atom. The van der Waals surface area contributed by atoms with Gasteiger partial charge in [-0.05, 0) is 60.2 Å². The monoisotopic (exact) mass is 396 g/mol. The van der Waals surface area contributed by atoms with Crippen LogP contribution in [0.25, 0.3) is 22.0 Å². The SMILES string of the molecule is CC(C)C(N)CCC(N)CNC(=O)c1cc2cc(-c3ccc(F)cc3)ccc2[nH]1. The molecule has 3 rings (SSSR count). The number of amides is 1. The van der Waals surface area contributed by atoms with Crippen LogP contribution in [0.5, 0.6) is 0 Å². The average Bonchev–Trinajstić information content (AvgIpc) is 3.14. The maximum Gasteiger partial charge on any atom is 0.267 e. The number of carbonyl (C=O) groups is 1. The fourth-order valence-corrected chi connectivity index (χ4v) is 3.24. The van der Waals surface area contributed by atoms with E-state index in [-0.39, 0.29) is 23.8 Å². The van der Waals surface area contributed by atoms with Gasteiger partial charge in [0.1, 0.15) is 11.5 Å². The summed E-state index contributed by atoms with van der Waals surface area (Å²) in [7, 11) is 0. The Bertz CT molecular complexity index is 965. The highest BCUT2D eigenvalue weighted by Crippen LogP contribution is 2.25. The van der Waals surface area contributed by atoms with Crippen LogP contribution in [0.4, 0.5) is 4.39 Å². The van der Waals surface area contributed by atoms with Gasteiger partial charge in [-0.15, -0.1) is 0 Å². The fourth-order valence-electron chi connectivity index (χ4n) is 3.24.